The minimum atomic E-state index is -0.506. The molecule has 31 heavy (non-hydrogen) atoms. The number of nitro groups is 1. The van der Waals surface area contributed by atoms with Crippen molar-refractivity contribution in [2.45, 2.75) is 13.2 Å². The third-order valence-electron chi connectivity index (χ3n) is 4.18. The van der Waals surface area contributed by atoms with Crippen molar-refractivity contribution in [3.63, 3.8) is 0 Å². The molecule has 2 aromatic carbocycles. The molecule has 0 unspecified atom stereocenters. The third kappa shape index (κ3) is 6.04. The third-order valence-corrected chi connectivity index (χ3v) is 4.80. The molecule has 1 amide bonds. The Morgan fingerprint density at radius 2 is 2.03 bits per heavy atom. The molecular formula is C22H16BrN3O5. The molecule has 0 saturated carbocycles. The molecule has 9 heteroatoms. The van der Waals surface area contributed by atoms with E-state index in [9.17, 15) is 20.2 Å². The zero-order chi connectivity index (χ0) is 22.2. The summed E-state index contributed by atoms with van der Waals surface area (Å²) >= 11 is 3.42. The Kier molecular flexibility index (Phi) is 7.19. The number of nitrogens with zero attached hydrogens (tertiary/aromatic N) is 2. The highest BCUT2D eigenvalue weighted by Gasteiger charge is 2.11. The van der Waals surface area contributed by atoms with E-state index in [0.29, 0.717) is 21.5 Å². The second-order valence-electron chi connectivity index (χ2n) is 6.33. The Balaban J connectivity index is 1.63. The first kappa shape index (κ1) is 21.8. The standard InChI is InChI=1S/C22H16BrN3O5/c23-20-11-16(10-17(12-24)22(27)25-13-19-2-1-9-30-19)5-8-21(20)31-14-15-3-6-18(7-4-15)26(28)29/h1-11H,13-14H2,(H,25,27). The van der Waals surface area contributed by atoms with Crippen LogP contribution in [0.3, 0.4) is 0 Å². The van der Waals surface area contributed by atoms with Crippen LogP contribution in [-0.4, -0.2) is 10.8 Å². The first-order valence-corrected chi connectivity index (χ1v) is 9.83. The van der Waals surface area contributed by atoms with Crippen molar-refractivity contribution in [1.29, 1.82) is 5.26 Å². The lowest BCUT2D eigenvalue weighted by atomic mass is 10.1. The van der Waals surface area contributed by atoms with Crippen molar-refractivity contribution in [3.05, 3.63) is 97.9 Å². The van der Waals surface area contributed by atoms with Crippen LogP contribution in [0, 0.1) is 21.4 Å². The Morgan fingerprint density at radius 3 is 2.65 bits per heavy atom. The zero-order valence-corrected chi connectivity index (χ0v) is 17.7. The van der Waals surface area contributed by atoms with Crippen LogP contribution in [-0.2, 0) is 17.9 Å². The van der Waals surface area contributed by atoms with Gasteiger partial charge in [-0.1, -0.05) is 6.07 Å². The molecule has 156 valence electrons. The van der Waals surface area contributed by atoms with Gasteiger partial charge in [-0.2, -0.15) is 5.26 Å². The summed E-state index contributed by atoms with van der Waals surface area (Å²) in [5, 5.41) is 22.7. The number of nitrogens with one attached hydrogen (secondary N) is 1. The van der Waals surface area contributed by atoms with E-state index in [2.05, 4.69) is 21.2 Å². The molecule has 1 N–H and O–H groups in total. The van der Waals surface area contributed by atoms with Crippen LogP contribution < -0.4 is 10.1 Å². The van der Waals surface area contributed by atoms with Crippen molar-refractivity contribution in [1.82, 2.24) is 5.32 Å². The van der Waals surface area contributed by atoms with E-state index in [1.54, 1.807) is 42.5 Å². The smallest absolute Gasteiger partial charge is 0.269 e. The number of furan rings is 1. The summed E-state index contributed by atoms with van der Waals surface area (Å²) in [6.45, 7) is 0.411. The summed E-state index contributed by atoms with van der Waals surface area (Å²) in [6, 6.07) is 16.6. The van der Waals surface area contributed by atoms with E-state index in [-0.39, 0.29) is 24.4 Å². The molecule has 0 atom stereocenters. The minimum absolute atomic E-state index is 0.0163. The van der Waals surface area contributed by atoms with Crippen LogP contribution in [0.5, 0.6) is 5.75 Å². The average molecular weight is 482 g/mol. The Morgan fingerprint density at radius 1 is 1.26 bits per heavy atom. The van der Waals surface area contributed by atoms with Gasteiger partial charge in [0.2, 0.25) is 0 Å². The summed E-state index contributed by atoms with van der Waals surface area (Å²) in [6.07, 6.45) is 2.98. The molecule has 0 saturated heterocycles. The number of nitriles is 1. The molecule has 3 rings (SSSR count). The fourth-order valence-corrected chi connectivity index (χ4v) is 3.10. The van der Waals surface area contributed by atoms with Crippen LogP contribution in [0.2, 0.25) is 0 Å². The molecule has 0 spiro atoms. The van der Waals surface area contributed by atoms with Crippen molar-refractivity contribution in [2.75, 3.05) is 0 Å². The van der Waals surface area contributed by atoms with E-state index in [0.717, 1.165) is 5.56 Å². The summed E-state index contributed by atoms with van der Waals surface area (Å²) in [7, 11) is 0. The molecule has 0 radical (unpaired) electrons. The molecule has 1 aromatic heterocycles. The summed E-state index contributed by atoms with van der Waals surface area (Å²) < 4.78 is 11.5. The van der Waals surface area contributed by atoms with Gasteiger partial charge < -0.3 is 14.5 Å². The van der Waals surface area contributed by atoms with Crippen LogP contribution >= 0.6 is 15.9 Å². The van der Waals surface area contributed by atoms with E-state index < -0.39 is 10.8 Å². The molecule has 3 aromatic rings. The lowest BCUT2D eigenvalue weighted by molar-refractivity contribution is -0.384. The fraction of sp³-hybridized carbons (Fsp3) is 0.0909. The quantitative estimate of drug-likeness (QED) is 0.214. The SMILES string of the molecule is N#CC(=Cc1ccc(OCc2ccc([N+](=O)[O-])cc2)c(Br)c1)C(=O)NCc1ccco1. The number of benzene rings is 2. The Bertz CT molecular complexity index is 1150. The van der Waals surface area contributed by atoms with E-state index >= 15 is 0 Å². The van der Waals surface area contributed by atoms with E-state index in [1.165, 1.54) is 24.5 Å². The highest BCUT2D eigenvalue weighted by atomic mass is 79.9. The van der Waals surface area contributed by atoms with E-state index in [4.69, 9.17) is 9.15 Å². The number of nitro benzene ring substituents is 1. The van der Waals surface area contributed by atoms with Crippen molar-refractivity contribution in [3.8, 4) is 11.8 Å². The normalized spacial score (nSPS) is 10.9. The van der Waals surface area contributed by atoms with Gasteiger partial charge in [0, 0.05) is 12.1 Å². The Labute approximate surface area is 186 Å². The minimum Gasteiger partial charge on any atom is -0.488 e. The van der Waals surface area contributed by atoms with Gasteiger partial charge in [-0.05, 0) is 69.5 Å². The number of rotatable bonds is 8. The number of carbonyl (C=O) groups is 1. The molecule has 0 fully saturated rings. The summed E-state index contributed by atoms with van der Waals surface area (Å²) in [5.41, 5.74) is 1.39. The number of ether oxygens (including phenoxy) is 1. The first-order valence-electron chi connectivity index (χ1n) is 9.04. The topological polar surface area (TPSA) is 118 Å². The molecule has 1 heterocycles. The van der Waals surface area contributed by atoms with Gasteiger partial charge in [0.15, 0.2) is 0 Å². The second kappa shape index (κ2) is 10.2. The number of hydrogen-bond acceptors (Lipinski definition) is 6. The highest BCUT2D eigenvalue weighted by Crippen LogP contribution is 2.28. The molecule has 0 aliphatic heterocycles. The van der Waals surface area contributed by atoms with Gasteiger partial charge in [-0.3, -0.25) is 14.9 Å². The molecule has 0 aliphatic carbocycles. The highest BCUT2D eigenvalue weighted by molar-refractivity contribution is 9.10. The summed E-state index contributed by atoms with van der Waals surface area (Å²) in [4.78, 5) is 22.5. The first-order chi connectivity index (χ1) is 15.0. The maximum absolute atomic E-state index is 12.2. The number of amides is 1. The molecule has 8 nitrogen and oxygen atoms in total. The number of non-ortho nitro benzene ring substituents is 1. The summed E-state index contributed by atoms with van der Waals surface area (Å²) in [5.74, 6) is 0.632. The maximum Gasteiger partial charge on any atom is 0.269 e. The molecule has 0 bridgehead atoms. The van der Waals surface area contributed by atoms with Gasteiger partial charge in [-0.25, -0.2) is 0 Å². The fourth-order valence-electron chi connectivity index (χ4n) is 2.59. The van der Waals surface area contributed by atoms with E-state index in [1.807, 2.05) is 6.07 Å². The van der Waals surface area contributed by atoms with Crippen LogP contribution in [0.4, 0.5) is 5.69 Å². The van der Waals surface area contributed by atoms with Crippen LogP contribution in [0.15, 0.2) is 75.3 Å². The van der Waals surface area contributed by atoms with Gasteiger partial charge in [0.25, 0.3) is 11.6 Å². The maximum atomic E-state index is 12.2. The average Bonchev–Trinajstić information content (AvgIpc) is 3.29. The molecule has 0 aliphatic rings. The predicted molar refractivity (Wildman–Crippen MR) is 116 cm³/mol. The number of hydrogen-bond donors (Lipinski definition) is 1. The van der Waals surface area contributed by atoms with Crippen LogP contribution in [0.1, 0.15) is 16.9 Å². The number of carbonyl (C=O) groups excluding carboxylic acids is 1. The molecular weight excluding hydrogens is 466 g/mol. The lowest BCUT2D eigenvalue weighted by Crippen LogP contribution is -2.23. The van der Waals surface area contributed by atoms with Gasteiger partial charge in [0.05, 0.1) is 22.2 Å². The van der Waals surface area contributed by atoms with Crippen molar-refractivity contribution < 1.29 is 18.9 Å². The van der Waals surface area contributed by atoms with Gasteiger partial charge in [-0.15, -0.1) is 0 Å². The monoisotopic (exact) mass is 481 g/mol. The van der Waals surface area contributed by atoms with Crippen molar-refractivity contribution in [2.24, 2.45) is 0 Å². The Hall–Kier alpha value is -3.90. The second-order valence-corrected chi connectivity index (χ2v) is 7.19. The van der Waals surface area contributed by atoms with Crippen molar-refractivity contribution >= 4 is 33.6 Å². The van der Waals surface area contributed by atoms with Crippen LogP contribution in [0.25, 0.3) is 6.08 Å². The lowest BCUT2D eigenvalue weighted by Gasteiger charge is -2.09. The number of halogens is 1. The predicted octanol–water partition coefficient (Wildman–Crippen LogP) is 4.75. The van der Waals surface area contributed by atoms with Gasteiger partial charge >= 0.3 is 0 Å². The zero-order valence-electron chi connectivity index (χ0n) is 16.1. The largest absolute Gasteiger partial charge is 0.488 e. The van der Waals surface area contributed by atoms with Gasteiger partial charge in [0.1, 0.15) is 29.8 Å².